The molecule has 5 rings (SSSR count). The number of rotatable bonds is 9. The summed E-state index contributed by atoms with van der Waals surface area (Å²) in [5.41, 5.74) is 7.46. The van der Waals surface area contributed by atoms with Gasteiger partial charge in [0.15, 0.2) is 17.1 Å². The van der Waals surface area contributed by atoms with Crippen LogP contribution in [0.2, 0.25) is 0 Å². The van der Waals surface area contributed by atoms with E-state index in [1.54, 1.807) is 32.3 Å². The SMILES string of the molecule is CC(C)(O)CCOc1ccc2nc(N3CC(c4cnc(Nc5cnn(C(C)(C)C)c5)c(C(N)=O)n4)C3)oc2c1. The zero-order chi connectivity index (χ0) is 27.9. The number of hydrogen-bond donors (Lipinski definition) is 3. The van der Waals surface area contributed by atoms with Crippen molar-refractivity contribution in [3.63, 3.8) is 0 Å². The minimum atomic E-state index is -0.784. The largest absolute Gasteiger partial charge is 0.493 e. The lowest BCUT2D eigenvalue weighted by atomic mass is 9.97. The molecule has 0 spiro atoms. The Kier molecular flexibility index (Phi) is 6.67. The van der Waals surface area contributed by atoms with E-state index < -0.39 is 11.5 Å². The number of primary amides is 1. The van der Waals surface area contributed by atoms with Gasteiger partial charge in [-0.3, -0.25) is 9.48 Å². The number of nitrogens with zero attached hydrogens (tertiary/aromatic N) is 6. The molecule has 4 N–H and O–H groups in total. The number of anilines is 3. The Bertz CT molecular complexity index is 1490. The van der Waals surface area contributed by atoms with Crippen LogP contribution in [0.5, 0.6) is 5.75 Å². The van der Waals surface area contributed by atoms with Crippen LogP contribution in [0.3, 0.4) is 0 Å². The van der Waals surface area contributed by atoms with Crippen molar-refractivity contribution in [3.05, 3.63) is 48.2 Å². The first-order valence-corrected chi connectivity index (χ1v) is 12.9. The number of hydrogen-bond acceptors (Lipinski definition) is 10. The van der Waals surface area contributed by atoms with E-state index in [9.17, 15) is 9.90 Å². The Morgan fingerprint density at radius 1 is 1.21 bits per heavy atom. The number of carbonyl (C=O) groups is 1. The standard InChI is InChI=1S/C27H34N8O4/c1-26(2,3)35-15-17(11-30-35)31-24-22(23(28)36)32-20(12-29-24)16-13-34(14-16)25-33-19-7-6-18(10-21(19)39-25)38-9-8-27(4,5)37/h6-7,10-12,15-16,37H,8-9,13-14H2,1-5H3,(H2,28,36)(H,29,31). The number of fused-ring (bicyclic) bond motifs is 1. The molecule has 0 atom stereocenters. The van der Waals surface area contributed by atoms with E-state index in [2.05, 4.69) is 25.4 Å². The molecule has 1 saturated heterocycles. The van der Waals surface area contributed by atoms with Gasteiger partial charge in [0.1, 0.15) is 11.3 Å². The normalized spacial score (nSPS) is 14.5. The molecular formula is C27H34N8O4. The van der Waals surface area contributed by atoms with Crippen molar-refractivity contribution in [2.45, 2.75) is 58.1 Å². The van der Waals surface area contributed by atoms with Crippen LogP contribution in [-0.4, -0.2) is 61.0 Å². The lowest BCUT2D eigenvalue weighted by Gasteiger charge is -2.37. The van der Waals surface area contributed by atoms with Crippen LogP contribution in [0.15, 0.2) is 41.2 Å². The molecule has 0 bridgehead atoms. The summed E-state index contributed by atoms with van der Waals surface area (Å²) in [5, 5.41) is 17.3. The molecule has 1 fully saturated rings. The molecule has 1 aliphatic heterocycles. The van der Waals surface area contributed by atoms with Crippen molar-refractivity contribution in [1.82, 2.24) is 24.7 Å². The van der Waals surface area contributed by atoms with Gasteiger partial charge in [-0.25, -0.2) is 9.97 Å². The second-order valence-corrected chi connectivity index (χ2v) is 11.5. The third-order valence-corrected chi connectivity index (χ3v) is 6.46. The number of ether oxygens (including phenoxy) is 1. The first-order valence-electron chi connectivity index (χ1n) is 12.9. The average Bonchev–Trinajstić information content (AvgIpc) is 3.44. The molecule has 12 nitrogen and oxygen atoms in total. The summed E-state index contributed by atoms with van der Waals surface area (Å²) < 4.78 is 13.5. The summed E-state index contributed by atoms with van der Waals surface area (Å²) in [5.74, 6) is 0.329. The maximum atomic E-state index is 12.2. The van der Waals surface area contributed by atoms with Crippen LogP contribution < -0.4 is 20.7 Å². The highest BCUT2D eigenvalue weighted by Gasteiger charge is 2.33. The van der Waals surface area contributed by atoms with Crippen LogP contribution >= 0.6 is 0 Å². The highest BCUT2D eigenvalue weighted by molar-refractivity contribution is 5.96. The van der Waals surface area contributed by atoms with Crippen molar-refractivity contribution >= 4 is 34.5 Å². The van der Waals surface area contributed by atoms with Gasteiger partial charge in [-0.1, -0.05) is 0 Å². The van der Waals surface area contributed by atoms with Gasteiger partial charge in [-0.05, 0) is 46.8 Å². The number of aliphatic hydroxyl groups is 1. The topological polar surface area (TPSA) is 157 Å². The van der Waals surface area contributed by atoms with E-state index in [1.807, 2.05) is 48.7 Å². The molecule has 39 heavy (non-hydrogen) atoms. The molecule has 206 valence electrons. The molecule has 4 heterocycles. The van der Waals surface area contributed by atoms with Gasteiger partial charge in [0.25, 0.3) is 11.9 Å². The number of nitrogens with two attached hydrogens (primary N) is 1. The minimum Gasteiger partial charge on any atom is -0.493 e. The number of amides is 1. The summed E-state index contributed by atoms with van der Waals surface area (Å²) >= 11 is 0. The van der Waals surface area contributed by atoms with Gasteiger partial charge in [0, 0.05) is 37.7 Å². The Morgan fingerprint density at radius 3 is 2.64 bits per heavy atom. The van der Waals surface area contributed by atoms with E-state index in [0.29, 0.717) is 54.8 Å². The Hall–Kier alpha value is -4.19. The third-order valence-electron chi connectivity index (χ3n) is 6.46. The Balaban J connectivity index is 1.24. The van der Waals surface area contributed by atoms with Crippen molar-refractivity contribution < 1.29 is 19.1 Å². The van der Waals surface area contributed by atoms with Gasteiger partial charge in [0.2, 0.25) is 0 Å². The predicted molar refractivity (Wildman–Crippen MR) is 146 cm³/mol. The van der Waals surface area contributed by atoms with Gasteiger partial charge >= 0.3 is 0 Å². The zero-order valence-electron chi connectivity index (χ0n) is 22.8. The summed E-state index contributed by atoms with van der Waals surface area (Å²) in [4.78, 5) is 27.8. The third kappa shape index (κ3) is 5.95. The van der Waals surface area contributed by atoms with Gasteiger partial charge in [0.05, 0.1) is 41.5 Å². The van der Waals surface area contributed by atoms with E-state index in [1.165, 1.54) is 0 Å². The summed E-state index contributed by atoms with van der Waals surface area (Å²) in [7, 11) is 0. The molecule has 1 aromatic carbocycles. The first kappa shape index (κ1) is 26.4. The molecule has 1 aliphatic rings. The summed E-state index contributed by atoms with van der Waals surface area (Å²) in [6.45, 7) is 11.2. The number of carbonyl (C=O) groups excluding carboxylic acids is 1. The number of benzene rings is 1. The molecule has 3 aromatic heterocycles. The quantitative estimate of drug-likeness (QED) is 0.290. The molecule has 0 aliphatic carbocycles. The predicted octanol–water partition coefficient (Wildman–Crippen LogP) is 3.56. The molecule has 0 saturated carbocycles. The van der Waals surface area contributed by atoms with Crippen molar-refractivity contribution in [2.75, 3.05) is 29.9 Å². The number of oxazole rings is 1. The molecule has 1 amide bonds. The fraction of sp³-hybridized carbons (Fsp3) is 0.444. The van der Waals surface area contributed by atoms with E-state index in [-0.39, 0.29) is 23.0 Å². The van der Waals surface area contributed by atoms with Crippen LogP contribution in [0.4, 0.5) is 17.5 Å². The van der Waals surface area contributed by atoms with Crippen LogP contribution in [0.1, 0.15) is 63.1 Å². The zero-order valence-corrected chi connectivity index (χ0v) is 22.8. The van der Waals surface area contributed by atoms with E-state index >= 15 is 0 Å². The average molecular weight is 535 g/mol. The minimum absolute atomic E-state index is 0.0454. The highest BCUT2D eigenvalue weighted by atomic mass is 16.5. The van der Waals surface area contributed by atoms with Gasteiger partial charge in [-0.2, -0.15) is 10.1 Å². The lowest BCUT2D eigenvalue weighted by molar-refractivity contribution is 0.0553. The van der Waals surface area contributed by atoms with Crippen molar-refractivity contribution in [1.29, 1.82) is 0 Å². The fourth-order valence-electron chi connectivity index (χ4n) is 4.11. The lowest BCUT2D eigenvalue weighted by Crippen LogP contribution is -2.45. The molecule has 0 radical (unpaired) electrons. The first-order chi connectivity index (χ1) is 18.4. The molecule has 4 aromatic rings. The van der Waals surface area contributed by atoms with Gasteiger partial charge in [-0.15, -0.1) is 0 Å². The second kappa shape index (κ2) is 9.84. The van der Waals surface area contributed by atoms with Crippen molar-refractivity contribution in [2.24, 2.45) is 5.73 Å². The van der Waals surface area contributed by atoms with E-state index in [4.69, 9.17) is 14.9 Å². The molecule has 12 heteroatoms. The smallest absolute Gasteiger partial charge is 0.298 e. The maximum absolute atomic E-state index is 12.2. The van der Waals surface area contributed by atoms with Crippen LogP contribution in [-0.2, 0) is 5.54 Å². The molecular weight excluding hydrogens is 500 g/mol. The second-order valence-electron chi connectivity index (χ2n) is 11.5. The Morgan fingerprint density at radius 2 is 1.97 bits per heavy atom. The highest BCUT2D eigenvalue weighted by Crippen LogP contribution is 2.34. The van der Waals surface area contributed by atoms with Crippen LogP contribution in [0.25, 0.3) is 11.1 Å². The molecule has 0 unspecified atom stereocenters. The van der Waals surface area contributed by atoms with E-state index in [0.717, 1.165) is 5.52 Å². The monoisotopic (exact) mass is 534 g/mol. The van der Waals surface area contributed by atoms with Crippen molar-refractivity contribution in [3.8, 4) is 5.75 Å². The number of aromatic nitrogens is 5. The summed E-state index contributed by atoms with van der Waals surface area (Å²) in [6, 6.07) is 5.99. The maximum Gasteiger partial charge on any atom is 0.298 e. The fourth-order valence-corrected chi connectivity index (χ4v) is 4.11. The van der Waals surface area contributed by atoms with Gasteiger partial charge < -0.3 is 30.2 Å². The Labute approximate surface area is 226 Å². The van der Waals surface area contributed by atoms with Crippen LogP contribution in [0, 0.1) is 0 Å². The number of nitrogens with one attached hydrogen (secondary N) is 1. The summed E-state index contributed by atoms with van der Waals surface area (Å²) in [6.07, 6.45) is 5.69.